The molecule has 0 atom stereocenters. The maximum Gasteiger partial charge on any atom is 0.193 e. The summed E-state index contributed by atoms with van der Waals surface area (Å²) < 4.78 is 7.87. The van der Waals surface area contributed by atoms with Crippen molar-refractivity contribution in [3.05, 3.63) is 12.7 Å². The summed E-state index contributed by atoms with van der Waals surface area (Å²) in [7, 11) is 1.83. The van der Waals surface area contributed by atoms with Crippen molar-refractivity contribution in [1.29, 1.82) is 0 Å². The van der Waals surface area contributed by atoms with Crippen molar-refractivity contribution < 1.29 is 4.74 Å². The fourth-order valence-corrected chi connectivity index (χ4v) is 2.65. The SMILES string of the molecule is CN=C(NCCn1cncn1)N1CCC(OC(C)(C)C)CC1.I. The highest BCUT2D eigenvalue weighted by atomic mass is 127. The molecule has 0 aliphatic carbocycles. The number of hydrogen-bond acceptors (Lipinski definition) is 4. The Balaban J connectivity index is 0.00000264. The second-order valence-corrected chi connectivity index (χ2v) is 6.55. The molecule has 23 heavy (non-hydrogen) atoms. The van der Waals surface area contributed by atoms with Crippen LogP contribution in [-0.2, 0) is 11.3 Å². The molecule has 1 N–H and O–H groups in total. The number of hydrogen-bond donors (Lipinski definition) is 1. The molecule has 1 fully saturated rings. The normalized spacial score (nSPS) is 17.0. The monoisotopic (exact) mass is 436 g/mol. The van der Waals surface area contributed by atoms with Crippen molar-refractivity contribution >= 4 is 29.9 Å². The maximum atomic E-state index is 6.06. The summed E-state index contributed by atoms with van der Waals surface area (Å²) in [6.07, 6.45) is 5.71. The number of likely N-dealkylation sites (tertiary alicyclic amines) is 1. The number of nitrogens with zero attached hydrogens (tertiary/aromatic N) is 5. The van der Waals surface area contributed by atoms with Gasteiger partial charge in [0.1, 0.15) is 12.7 Å². The second-order valence-electron chi connectivity index (χ2n) is 6.55. The van der Waals surface area contributed by atoms with E-state index in [1.807, 2.05) is 11.7 Å². The van der Waals surface area contributed by atoms with E-state index < -0.39 is 0 Å². The molecule has 0 saturated carbocycles. The van der Waals surface area contributed by atoms with Gasteiger partial charge in [0, 0.05) is 26.7 Å². The zero-order valence-corrected chi connectivity index (χ0v) is 16.9. The third-order valence-electron chi connectivity index (χ3n) is 3.56. The van der Waals surface area contributed by atoms with Gasteiger partial charge in [0.15, 0.2) is 5.96 Å². The summed E-state index contributed by atoms with van der Waals surface area (Å²) in [5.41, 5.74) is -0.0649. The van der Waals surface area contributed by atoms with Crippen LogP contribution in [0.15, 0.2) is 17.6 Å². The van der Waals surface area contributed by atoms with Gasteiger partial charge in [-0.25, -0.2) is 4.98 Å². The van der Waals surface area contributed by atoms with Gasteiger partial charge in [-0.3, -0.25) is 9.67 Å². The summed E-state index contributed by atoms with van der Waals surface area (Å²) in [6, 6.07) is 0. The van der Waals surface area contributed by atoms with Crippen LogP contribution in [0.3, 0.4) is 0 Å². The Bertz CT molecular complexity index is 463. The molecule has 7 nitrogen and oxygen atoms in total. The zero-order chi connectivity index (χ0) is 16.0. The number of halogens is 1. The van der Waals surface area contributed by atoms with Crippen molar-refractivity contribution in [3.8, 4) is 0 Å². The van der Waals surface area contributed by atoms with Gasteiger partial charge in [0.2, 0.25) is 0 Å². The Hall–Kier alpha value is -0.900. The van der Waals surface area contributed by atoms with E-state index in [-0.39, 0.29) is 29.6 Å². The van der Waals surface area contributed by atoms with E-state index in [0.29, 0.717) is 6.10 Å². The topological polar surface area (TPSA) is 67.6 Å². The minimum Gasteiger partial charge on any atom is -0.372 e. The third kappa shape index (κ3) is 7.03. The van der Waals surface area contributed by atoms with Crippen LogP contribution < -0.4 is 5.32 Å². The fraction of sp³-hybridized carbons (Fsp3) is 0.800. The van der Waals surface area contributed by atoms with Crippen LogP contribution in [0.25, 0.3) is 0 Å². The summed E-state index contributed by atoms with van der Waals surface area (Å²) in [4.78, 5) is 10.6. The summed E-state index contributed by atoms with van der Waals surface area (Å²) in [6.45, 7) is 9.86. The van der Waals surface area contributed by atoms with Gasteiger partial charge >= 0.3 is 0 Å². The minimum atomic E-state index is -0.0649. The molecule has 1 aliphatic rings. The van der Waals surface area contributed by atoms with Crippen LogP contribution in [0.1, 0.15) is 33.6 Å². The molecule has 0 bridgehead atoms. The number of piperidine rings is 1. The first-order chi connectivity index (χ1) is 10.5. The van der Waals surface area contributed by atoms with Gasteiger partial charge in [-0.1, -0.05) is 0 Å². The first-order valence-corrected chi connectivity index (χ1v) is 7.94. The van der Waals surface area contributed by atoms with E-state index in [1.165, 1.54) is 0 Å². The van der Waals surface area contributed by atoms with E-state index in [2.05, 4.69) is 46.1 Å². The van der Waals surface area contributed by atoms with E-state index in [0.717, 1.165) is 45.0 Å². The van der Waals surface area contributed by atoms with Crippen LogP contribution in [0.2, 0.25) is 0 Å². The van der Waals surface area contributed by atoms with E-state index in [1.54, 1.807) is 12.7 Å². The number of ether oxygens (including phenoxy) is 1. The highest BCUT2D eigenvalue weighted by Gasteiger charge is 2.25. The Kier molecular flexibility index (Phi) is 8.24. The highest BCUT2D eigenvalue weighted by Crippen LogP contribution is 2.20. The van der Waals surface area contributed by atoms with Gasteiger partial charge in [-0.15, -0.1) is 24.0 Å². The van der Waals surface area contributed by atoms with Gasteiger partial charge < -0.3 is 15.0 Å². The van der Waals surface area contributed by atoms with Crippen molar-refractivity contribution in [3.63, 3.8) is 0 Å². The van der Waals surface area contributed by atoms with E-state index in [9.17, 15) is 0 Å². The van der Waals surface area contributed by atoms with Gasteiger partial charge in [0.05, 0.1) is 18.2 Å². The maximum absolute atomic E-state index is 6.06. The largest absolute Gasteiger partial charge is 0.372 e. The summed E-state index contributed by atoms with van der Waals surface area (Å²) in [5.74, 6) is 0.953. The van der Waals surface area contributed by atoms with Crippen molar-refractivity contribution in [2.45, 2.75) is 51.9 Å². The summed E-state index contributed by atoms with van der Waals surface area (Å²) in [5, 5.41) is 7.48. The predicted octanol–water partition coefficient (Wildman–Crippen LogP) is 1.75. The molecule has 1 saturated heterocycles. The lowest BCUT2D eigenvalue weighted by Crippen LogP contribution is -2.48. The average Bonchev–Trinajstić information content (AvgIpc) is 2.96. The molecular weight excluding hydrogens is 407 g/mol. The third-order valence-corrected chi connectivity index (χ3v) is 3.56. The molecule has 0 spiro atoms. The fourth-order valence-electron chi connectivity index (χ4n) is 2.65. The Morgan fingerprint density at radius 1 is 1.35 bits per heavy atom. The lowest BCUT2D eigenvalue weighted by Gasteiger charge is -2.36. The predicted molar refractivity (Wildman–Crippen MR) is 102 cm³/mol. The van der Waals surface area contributed by atoms with Gasteiger partial charge in [-0.05, 0) is 33.6 Å². The molecule has 0 unspecified atom stereocenters. The molecule has 0 aromatic carbocycles. The molecule has 1 aromatic rings. The molecule has 2 rings (SSSR count). The first-order valence-electron chi connectivity index (χ1n) is 7.94. The Morgan fingerprint density at radius 3 is 2.57 bits per heavy atom. The zero-order valence-electron chi connectivity index (χ0n) is 14.5. The Morgan fingerprint density at radius 2 is 2.04 bits per heavy atom. The average molecular weight is 436 g/mol. The van der Waals surface area contributed by atoms with Crippen molar-refractivity contribution in [2.75, 3.05) is 26.7 Å². The van der Waals surface area contributed by atoms with E-state index >= 15 is 0 Å². The van der Waals surface area contributed by atoms with Crippen molar-refractivity contribution in [1.82, 2.24) is 25.0 Å². The van der Waals surface area contributed by atoms with Gasteiger partial charge in [0.25, 0.3) is 0 Å². The molecule has 8 heteroatoms. The quantitative estimate of drug-likeness (QED) is 0.443. The first kappa shape index (κ1) is 20.1. The van der Waals surface area contributed by atoms with Crippen LogP contribution >= 0.6 is 24.0 Å². The van der Waals surface area contributed by atoms with E-state index in [4.69, 9.17) is 4.74 Å². The minimum absolute atomic E-state index is 0. The number of rotatable bonds is 4. The lowest BCUT2D eigenvalue weighted by molar-refractivity contribution is -0.0772. The molecule has 0 amide bonds. The smallest absolute Gasteiger partial charge is 0.193 e. The number of guanidine groups is 1. The standard InChI is InChI=1S/C15H28N6O.HI/c1-15(2,3)22-13-5-8-20(9-6-13)14(16-4)18-7-10-21-12-17-11-19-21;/h11-13H,5-10H2,1-4H3,(H,16,18);1H. The molecule has 0 radical (unpaired) electrons. The summed E-state index contributed by atoms with van der Waals surface area (Å²) >= 11 is 0. The molecule has 2 heterocycles. The number of aliphatic imine (C=N–C) groups is 1. The number of nitrogens with one attached hydrogen (secondary N) is 1. The second kappa shape index (κ2) is 9.41. The Labute approximate surface area is 155 Å². The van der Waals surface area contributed by atoms with Crippen LogP contribution in [-0.4, -0.2) is 64.0 Å². The van der Waals surface area contributed by atoms with Crippen molar-refractivity contribution in [2.24, 2.45) is 4.99 Å². The van der Waals surface area contributed by atoms with Crippen LogP contribution in [0.5, 0.6) is 0 Å². The van der Waals surface area contributed by atoms with Crippen LogP contribution in [0, 0.1) is 0 Å². The molecular formula is C15H29IN6O. The van der Waals surface area contributed by atoms with Crippen LogP contribution in [0.4, 0.5) is 0 Å². The molecule has 1 aliphatic heterocycles. The van der Waals surface area contributed by atoms with Gasteiger partial charge in [-0.2, -0.15) is 5.10 Å². The lowest BCUT2D eigenvalue weighted by atomic mass is 10.1. The molecule has 1 aromatic heterocycles. The highest BCUT2D eigenvalue weighted by molar-refractivity contribution is 14.0. The molecule has 132 valence electrons. The number of aromatic nitrogens is 3.